The van der Waals surface area contributed by atoms with Crippen molar-refractivity contribution in [1.82, 2.24) is 5.32 Å². The third-order valence-corrected chi connectivity index (χ3v) is 3.67. The van der Waals surface area contributed by atoms with Crippen LogP contribution in [0.15, 0.2) is 30.3 Å². The van der Waals surface area contributed by atoms with E-state index in [2.05, 4.69) is 17.9 Å². The lowest BCUT2D eigenvalue weighted by atomic mass is 10.0. The fourth-order valence-corrected chi connectivity index (χ4v) is 2.24. The van der Waals surface area contributed by atoms with Crippen LogP contribution in [0.5, 0.6) is 0 Å². The molecule has 0 aliphatic heterocycles. The molecule has 1 aromatic rings. The Labute approximate surface area is 131 Å². The smallest absolute Gasteiger partial charge is 0.326 e. The van der Waals surface area contributed by atoms with Crippen LogP contribution < -0.4 is 5.32 Å². The van der Waals surface area contributed by atoms with Gasteiger partial charge in [-0.3, -0.25) is 4.79 Å². The van der Waals surface area contributed by atoms with E-state index >= 15 is 0 Å². The van der Waals surface area contributed by atoms with Crippen molar-refractivity contribution in [3.63, 3.8) is 0 Å². The zero-order chi connectivity index (χ0) is 15.8. The lowest BCUT2D eigenvalue weighted by molar-refractivity contribution is -0.142. The molecule has 1 rings (SSSR count). The van der Waals surface area contributed by atoms with Gasteiger partial charge in [-0.2, -0.15) is 12.6 Å². The molecule has 116 valence electrons. The average molecular weight is 309 g/mol. The fraction of sp³-hybridized carbons (Fsp3) is 0.500. The van der Waals surface area contributed by atoms with E-state index in [4.69, 9.17) is 5.11 Å². The largest absolute Gasteiger partial charge is 0.480 e. The number of carbonyl (C=O) groups excluding carboxylic acids is 1. The number of hydrogen-bond acceptors (Lipinski definition) is 3. The van der Waals surface area contributed by atoms with Crippen LogP contribution in [-0.4, -0.2) is 28.3 Å². The normalized spacial score (nSPS) is 13.7. The highest BCUT2D eigenvalue weighted by molar-refractivity contribution is 7.81. The van der Waals surface area contributed by atoms with Crippen molar-refractivity contribution >= 4 is 24.5 Å². The Bertz CT molecular complexity index is 462. The molecule has 0 aliphatic carbocycles. The van der Waals surface area contributed by atoms with Crippen LogP contribution >= 0.6 is 12.6 Å². The van der Waals surface area contributed by atoms with Crippen molar-refractivity contribution in [3.05, 3.63) is 35.9 Å². The van der Waals surface area contributed by atoms with E-state index in [0.29, 0.717) is 12.8 Å². The zero-order valence-corrected chi connectivity index (χ0v) is 13.3. The first-order chi connectivity index (χ1) is 9.90. The molecule has 2 N–H and O–H groups in total. The van der Waals surface area contributed by atoms with Gasteiger partial charge in [0, 0.05) is 0 Å². The number of carboxylic acids is 1. The molecular formula is C16H23NO3S. The Balaban J connectivity index is 2.47. The molecule has 0 fully saturated rings. The van der Waals surface area contributed by atoms with E-state index in [9.17, 15) is 9.59 Å². The number of nitrogens with one attached hydrogen (secondary N) is 1. The summed E-state index contributed by atoms with van der Waals surface area (Å²) in [5.74, 6) is -1.11. The number of thiol groups is 1. The van der Waals surface area contributed by atoms with Gasteiger partial charge in [0.25, 0.3) is 0 Å². The van der Waals surface area contributed by atoms with Crippen LogP contribution in [0.2, 0.25) is 0 Å². The Morgan fingerprint density at radius 3 is 2.38 bits per heavy atom. The van der Waals surface area contributed by atoms with E-state index in [-0.39, 0.29) is 11.8 Å². The minimum absolute atomic E-state index is 0.203. The second-order valence-electron chi connectivity index (χ2n) is 5.57. The van der Waals surface area contributed by atoms with E-state index < -0.39 is 17.3 Å². The van der Waals surface area contributed by atoms with Crippen molar-refractivity contribution in [1.29, 1.82) is 0 Å². The first-order valence-corrected chi connectivity index (χ1v) is 7.67. The molecule has 0 aliphatic rings. The molecule has 1 unspecified atom stereocenters. The van der Waals surface area contributed by atoms with Crippen LogP contribution in [-0.2, 0) is 16.0 Å². The van der Waals surface area contributed by atoms with Gasteiger partial charge in [-0.1, -0.05) is 44.2 Å². The van der Waals surface area contributed by atoms with Gasteiger partial charge in [0.1, 0.15) is 6.04 Å². The molecule has 1 aromatic carbocycles. The summed E-state index contributed by atoms with van der Waals surface area (Å²) in [7, 11) is 0. The molecule has 0 radical (unpaired) electrons. The third-order valence-electron chi connectivity index (χ3n) is 3.17. The van der Waals surface area contributed by atoms with Crippen LogP contribution in [0.1, 0.15) is 32.3 Å². The molecular weight excluding hydrogens is 286 g/mol. The van der Waals surface area contributed by atoms with Gasteiger partial charge in [-0.15, -0.1) is 0 Å². The number of aliphatic carboxylic acids is 1. The van der Waals surface area contributed by atoms with Gasteiger partial charge in [0.15, 0.2) is 0 Å². The van der Waals surface area contributed by atoms with E-state index in [1.807, 2.05) is 44.2 Å². The molecule has 0 bridgehead atoms. The van der Waals surface area contributed by atoms with Crippen molar-refractivity contribution in [2.45, 2.75) is 44.4 Å². The lowest BCUT2D eigenvalue weighted by Gasteiger charge is -2.19. The van der Waals surface area contributed by atoms with Gasteiger partial charge in [0.2, 0.25) is 5.91 Å². The predicted octanol–water partition coefficient (Wildman–Crippen LogP) is 2.53. The molecule has 0 heterocycles. The summed E-state index contributed by atoms with van der Waals surface area (Å²) in [4.78, 5) is 23.1. The Morgan fingerprint density at radius 1 is 1.24 bits per heavy atom. The van der Waals surface area contributed by atoms with E-state index in [0.717, 1.165) is 12.0 Å². The third kappa shape index (κ3) is 6.67. The quantitative estimate of drug-likeness (QED) is 0.647. The summed E-state index contributed by atoms with van der Waals surface area (Å²) in [5, 5.41) is 11.2. The summed E-state index contributed by atoms with van der Waals surface area (Å²) < 4.78 is 0. The molecule has 0 spiro atoms. The maximum Gasteiger partial charge on any atom is 0.326 e. The van der Waals surface area contributed by atoms with Gasteiger partial charge in [-0.05, 0) is 30.7 Å². The summed E-state index contributed by atoms with van der Waals surface area (Å²) in [6.45, 7) is 3.85. The summed E-state index contributed by atoms with van der Waals surface area (Å²) in [6.07, 6.45) is 1.73. The number of rotatable bonds is 8. The number of hydrogen-bond donors (Lipinski definition) is 3. The predicted molar refractivity (Wildman–Crippen MR) is 86.6 cm³/mol. The van der Waals surface area contributed by atoms with Crippen molar-refractivity contribution < 1.29 is 14.7 Å². The molecule has 21 heavy (non-hydrogen) atoms. The minimum Gasteiger partial charge on any atom is -0.480 e. The maximum absolute atomic E-state index is 12.0. The Kier molecular flexibility index (Phi) is 7.29. The number of benzene rings is 1. The van der Waals surface area contributed by atoms with Gasteiger partial charge < -0.3 is 10.4 Å². The highest BCUT2D eigenvalue weighted by Crippen LogP contribution is 2.11. The SMILES string of the molecule is CC(C)C[C@H](NC(=O)C(S)CCc1ccccc1)C(=O)O. The fourth-order valence-electron chi connectivity index (χ4n) is 2.04. The second kappa shape index (κ2) is 8.72. The number of carboxylic acid groups (broad SMARTS) is 1. The monoisotopic (exact) mass is 309 g/mol. The lowest BCUT2D eigenvalue weighted by Crippen LogP contribution is -2.44. The van der Waals surface area contributed by atoms with E-state index in [1.54, 1.807) is 0 Å². The van der Waals surface area contributed by atoms with Gasteiger partial charge in [-0.25, -0.2) is 4.79 Å². The summed E-state index contributed by atoms with van der Waals surface area (Å²) >= 11 is 4.28. The Hall–Kier alpha value is -1.49. The van der Waals surface area contributed by atoms with Crippen LogP contribution in [0.4, 0.5) is 0 Å². The highest BCUT2D eigenvalue weighted by Gasteiger charge is 2.23. The van der Waals surface area contributed by atoms with Gasteiger partial charge >= 0.3 is 5.97 Å². The summed E-state index contributed by atoms with van der Waals surface area (Å²) in [6, 6.07) is 8.99. The van der Waals surface area contributed by atoms with Crippen molar-refractivity contribution in [3.8, 4) is 0 Å². The van der Waals surface area contributed by atoms with Gasteiger partial charge in [0.05, 0.1) is 5.25 Å². The molecule has 0 saturated heterocycles. The van der Waals surface area contributed by atoms with Crippen molar-refractivity contribution in [2.24, 2.45) is 5.92 Å². The number of carbonyl (C=O) groups is 2. The molecule has 0 aromatic heterocycles. The molecule has 4 nitrogen and oxygen atoms in total. The molecule has 2 atom stereocenters. The van der Waals surface area contributed by atoms with Crippen molar-refractivity contribution in [2.75, 3.05) is 0 Å². The van der Waals surface area contributed by atoms with E-state index in [1.165, 1.54) is 0 Å². The van der Waals surface area contributed by atoms with Crippen LogP contribution in [0.3, 0.4) is 0 Å². The Morgan fingerprint density at radius 2 is 1.86 bits per heavy atom. The molecule has 1 amide bonds. The van der Waals surface area contributed by atoms with Crippen LogP contribution in [0, 0.1) is 5.92 Å². The first-order valence-electron chi connectivity index (χ1n) is 7.15. The van der Waals surface area contributed by atoms with Crippen LogP contribution in [0.25, 0.3) is 0 Å². The maximum atomic E-state index is 12.0. The molecule has 5 heteroatoms. The highest BCUT2D eigenvalue weighted by atomic mass is 32.1. The molecule has 0 saturated carbocycles. The number of amides is 1. The second-order valence-corrected chi connectivity index (χ2v) is 6.19. The topological polar surface area (TPSA) is 66.4 Å². The number of aryl methyl sites for hydroxylation is 1. The minimum atomic E-state index is -0.999. The average Bonchev–Trinajstić information content (AvgIpc) is 2.44. The standard InChI is InChI=1S/C16H23NO3S/c1-11(2)10-13(16(19)20)17-15(18)14(21)9-8-12-6-4-3-5-7-12/h3-7,11,13-14,21H,8-10H2,1-2H3,(H,17,18)(H,19,20)/t13-,14?/m0/s1. The summed E-state index contributed by atoms with van der Waals surface area (Å²) in [5.41, 5.74) is 1.14. The zero-order valence-electron chi connectivity index (χ0n) is 12.5. The first kappa shape index (κ1) is 17.6.